The maximum absolute atomic E-state index is 12.3. The number of carboxylic acids is 4. The molecule has 1 aliphatic heterocycles. The number of amides is 1. The smallest absolute Gasteiger partial charge is 0.335 e. The minimum atomic E-state index is -2.27. The van der Waals surface area contributed by atoms with E-state index in [0.29, 0.717) is 30.3 Å². The monoisotopic (exact) mass is 595 g/mol. The van der Waals surface area contributed by atoms with Crippen LogP contribution in [0.2, 0.25) is 0 Å². The first-order chi connectivity index (χ1) is 19.7. The number of nitrogens with one attached hydrogen (secondary N) is 5. The van der Waals surface area contributed by atoms with Crippen molar-refractivity contribution in [3.8, 4) is 0 Å². The first-order valence-corrected chi connectivity index (χ1v) is 12.0. The Morgan fingerprint density at radius 3 is 2.10 bits per heavy atom. The number of carbonyl (C=O) groups is 5. The number of aromatic amines is 1. The summed E-state index contributed by atoms with van der Waals surface area (Å²) < 4.78 is 0. The fourth-order valence-electron chi connectivity index (χ4n) is 3.37. The zero-order valence-corrected chi connectivity index (χ0v) is 21.6. The fourth-order valence-corrected chi connectivity index (χ4v) is 3.37. The summed E-state index contributed by atoms with van der Waals surface area (Å²) in [4.78, 5) is 72.1. The topological polar surface area (TPSA) is 327 Å². The summed E-state index contributed by atoms with van der Waals surface area (Å²) in [6, 6.07) is 4.93. The maximum Gasteiger partial charge on any atom is 0.335 e. The molecule has 228 valence electrons. The highest BCUT2D eigenvalue weighted by atomic mass is 16.4. The van der Waals surface area contributed by atoms with Gasteiger partial charge in [0, 0.05) is 30.8 Å². The zero-order chi connectivity index (χ0) is 31.6. The van der Waals surface area contributed by atoms with Gasteiger partial charge in [-0.05, 0) is 30.7 Å². The van der Waals surface area contributed by atoms with Gasteiger partial charge in [0.25, 0.3) is 11.5 Å². The molecule has 19 nitrogen and oxygen atoms in total. The van der Waals surface area contributed by atoms with Gasteiger partial charge in [0.2, 0.25) is 5.95 Å². The third kappa shape index (κ3) is 9.64. The minimum absolute atomic E-state index is 0.0281. The Kier molecular flexibility index (Phi) is 11.6. The van der Waals surface area contributed by atoms with Crippen LogP contribution in [0, 0.1) is 0 Å². The second kappa shape index (κ2) is 14.8. The van der Waals surface area contributed by atoms with Gasteiger partial charge >= 0.3 is 23.9 Å². The average Bonchev–Trinajstić information content (AvgIpc) is 2.93. The number of aliphatic carboxylic acids is 4. The van der Waals surface area contributed by atoms with Gasteiger partial charge in [-0.2, -0.15) is 4.98 Å². The molecule has 0 fully saturated rings. The van der Waals surface area contributed by atoms with E-state index >= 15 is 0 Å². The van der Waals surface area contributed by atoms with Gasteiger partial charge in [0.05, 0.1) is 6.04 Å². The summed E-state index contributed by atoms with van der Waals surface area (Å²) in [7, 11) is 0. The molecule has 1 aromatic carbocycles. The van der Waals surface area contributed by atoms with E-state index in [1.807, 2.05) is 0 Å². The van der Waals surface area contributed by atoms with Crippen LogP contribution in [0.4, 0.5) is 23.1 Å². The van der Waals surface area contributed by atoms with Crippen LogP contribution in [-0.4, -0.2) is 108 Å². The molecule has 4 atom stereocenters. The van der Waals surface area contributed by atoms with E-state index in [2.05, 4.69) is 31.2 Å². The number of nitrogens with two attached hydrogens (primary N) is 1. The van der Waals surface area contributed by atoms with Crippen molar-refractivity contribution in [2.75, 3.05) is 34.8 Å². The molecule has 0 spiro atoms. The largest absolute Gasteiger partial charge is 0.481 e. The number of nitrogen functional groups attached to an aromatic ring is 1. The number of anilines is 4. The number of carbonyl (C=O) groups excluding carboxylic acids is 1. The summed E-state index contributed by atoms with van der Waals surface area (Å²) in [5.74, 6) is -6.18. The molecule has 1 aliphatic rings. The first-order valence-electron chi connectivity index (χ1n) is 12.0. The van der Waals surface area contributed by atoms with Gasteiger partial charge in [0.1, 0.15) is 11.7 Å². The third-order valence-corrected chi connectivity index (χ3v) is 5.56. The van der Waals surface area contributed by atoms with Crippen molar-refractivity contribution >= 4 is 52.9 Å². The number of fused-ring (bicyclic) bond motifs is 1. The van der Waals surface area contributed by atoms with Crippen molar-refractivity contribution < 1.29 is 54.6 Å². The Hall–Kier alpha value is -5.43. The molecular formula is C23H29N7O12. The van der Waals surface area contributed by atoms with E-state index in [9.17, 15) is 28.8 Å². The number of aromatic nitrogens is 2. The van der Waals surface area contributed by atoms with Gasteiger partial charge in [0.15, 0.2) is 18.0 Å². The molecule has 1 amide bonds. The predicted octanol–water partition coefficient (Wildman–Crippen LogP) is -2.40. The molecule has 0 radical (unpaired) electrons. The van der Waals surface area contributed by atoms with Crippen molar-refractivity contribution in [2.24, 2.45) is 0 Å². The molecule has 0 saturated carbocycles. The Labute approximate surface area is 235 Å². The van der Waals surface area contributed by atoms with Gasteiger partial charge in [-0.15, -0.1) is 0 Å². The number of H-pyrrole nitrogens is 1. The SMILES string of the molecule is Nc1nc2c(c(=O)[nH]1)NC(CNc1ccc(C(=O)N[C@@H](CCC(=O)O)C(=O)O)cc1)CN2.O=C(O)C(O)C(O)C(=O)O. The summed E-state index contributed by atoms with van der Waals surface area (Å²) in [6.07, 6.45) is -5.12. The molecule has 0 bridgehead atoms. The lowest BCUT2D eigenvalue weighted by atomic mass is 10.1. The summed E-state index contributed by atoms with van der Waals surface area (Å²) in [6.45, 7) is 0.960. The van der Waals surface area contributed by atoms with Crippen molar-refractivity contribution in [3.05, 3.63) is 40.2 Å². The highest BCUT2D eigenvalue weighted by molar-refractivity contribution is 5.97. The van der Waals surface area contributed by atoms with Crippen LogP contribution in [0.3, 0.4) is 0 Å². The van der Waals surface area contributed by atoms with E-state index in [1.165, 1.54) is 12.1 Å². The third-order valence-electron chi connectivity index (χ3n) is 5.56. The zero-order valence-electron chi connectivity index (χ0n) is 21.6. The number of carboxylic acid groups (broad SMARTS) is 4. The molecule has 0 saturated heterocycles. The van der Waals surface area contributed by atoms with Crippen molar-refractivity contribution in [1.29, 1.82) is 0 Å². The number of benzene rings is 1. The van der Waals surface area contributed by atoms with Crippen molar-refractivity contribution in [3.63, 3.8) is 0 Å². The predicted molar refractivity (Wildman–Crippen MR) is 143 cm³/mol. The first kappa shape index (κ1) is 32.8. The lowest BCUT2D eigenvalue weighted by molar-refractivity contribution is -0.165. The lowest BCUT2D eigenvalue weighted by Crippen LogP contribution is -2.41. The lowest BCUT2D eigenvalue weighted by Gasteiger charge is -2.27. The highest BCUT2D eigenvalue weighted by Crippen LogP contribution is 2.20. The number of rotatable bonds is 12. The number of nitrogens with zero attached hydrogens (tertiary/aromatic N) is 1. The summed E-state index contributed by atoms with van der Waals surface area (Å²) in [5, 5.41) is 62.0. The Balaban J connectivity index is 0.000000528. The Bertz CT molecular complexity index is 1350. The van der Waals surface area contributed by atoms with Gasteiger partial charge in [-0.3, -0.25) is 19.4 Å². The number of hydrogen-bond donors (Lipinski definition) is 12. The highest BCUT2D eigenvalue weighted by Gasteiger charge is 2.29. The van der Waals surface area contributed by atoms with Crippen LogP contribution in [0.25, 0.3) is 0 Å². The fraction of sp³-hybridized carbons (Fsp3) is 0.348. The van der Waals surface area contributed by atoms with Crippen molar-refractivity contribution in [1.82, 2.24) is 15.3 Å². The standard InChI is InChI=1S/C19H23N7O6.C4H6O6/c20-19-25-15-14(17(30)26-19)23-11(8-22-15)7-21-10-3-1-9(2-4-10)16(29)24-12(18(31)32)5-6-13(27)28;5-1(3(7)8)2(6)4(9)10/h1-4,11-12,21,23H,5-8H2,(H,24,29)(H,27,28)(H,31,32)(H4,20,22,25,26,30);1-2,5-6H,(H,7,8)(H,9,10)/t11?,12-;/m0./s1. The summed E-state index contributed by atoms with van der Waals surface area (Å²) in [5.41, 5.74) is 6.40. The van der Waals surface area contributed by atoms with Crippen LogP contribution in [0.1, 0.15) is 23.2 Å². The normalized spacial score (nSPS) is 15.5. The quantitative estimate of drug-likeness (QED) is 0.121. The van der Waals surface area contributed by atoms with Crippen LogP contribution < -0.4 is 32.6 Å². The number of aliphatic hydroxyl groups excluding tert-OH is 2. The van der Waals surface area contributed by atoms with Crippen LogP contribution >= 0.6 is 0 Å². The van der Waals surface area contributed by atoms with Crippen LogP contribution in [0.5, 0.6) is 0 Å². The molecule has 0 aliphatic carbocycles. The van der Waals surface area contributed by atoms with Gasteiger partial charge in [-0.1, -0.05) is 0 Å². The van der Waals surface area contributed by atoms with E-state index in [4.69, 9.17) is 36.4 Å². The average molecular weight is 596 g/mol. The number of aliphatic hydroxyl groups is 2. The molecule has 2 aromatic rings. The van der Waals surface area contributed by atoms with E-state index in [-0.39, 0.29) is 36.0 Å². The Morgan fingerprint density at radius 2 is 1.57 bits per heavy atom. The van der Waals surface area contributed by atoms with Crippen molar-refractivity contribution in [2.45, 2.75) is 37.1 Å². The minimum Gasteiger partial charge on any atom is -0.481 e. The van der Waals surface area contributed by atoms with Crippen LogP contribution in [-0.2, 0) is 19.2 Å². The molecule has 42 heavy (non-hydrogen) atoms. The van der Waals surface area contributed by atoms with Gasteiger partial charge in [-0.25, -0.2) is 14.4 Å². The van der Waals surface area contributed by atoms with Gasteiger partial charge < -0.3 is 57.6 Å². The number of hydrogen-bond acceptors (Lipinski definition) is 13. The van der Waals surface area contributed by atoms with E-state index in [1.54, 1.807) is 12.1 Å². The van der Waals surface area contributed by atoms with Crippen LogP contribution in [0.15, 0.2) is 29.1 Å². The second-order valence-corrected chi connectivity index (χ2v) is 8.72. The second-order valence-electron chi connectivity index (χ2n) is 8.72. The molecule has 2 heterocycles. The molecule has 3 unspecified atom stereocenters. The molecule has 13 N–H and O–H groups in total. The molecule has 19 heteroatoms. The van der Waals surface area contributed by atoms with E-state index < -0.39 is 48.0 Å². The molecular weight excluding hydrogens is 566 g/mol. The molecule has 1 aromatic heterocycles. The Morgan fingerprint density at radius 1 is 0.976 bits per heavy atom. The molecule has 3 rings (SSSR count). The van der Waals surface area contributed by atoms with E-state index in [0.717, 1.165) is 0 Å². The maximum atomic E-state index is 12.3. The summed E-state index contributed by atoms with van der Waals surface area (Å²) >= 11 is 0.